The van der Waals surface area contributed by atoms with Crippen LogP contribution in [0.2, 0.25) is 0 Å². The third-order valence-corrected chi connectivity index (χ3v) is 6.40. The molecule has 1 aromatic heterocycles. The number of benzene rings is 1. The summed E-state index contributed by atoms with van der Waals surface area (Å²) in [5.41, 5.74) is 8.70. The summed E-state index contributed by atoms with van der Waals surface area (Å²) < 4.78 is 28.7. The zero-order valence-corrected chi connectivity index (χ0v) is 15.0. The molecule has 3 N–H and O–H groups in total. The monoisotopic (exact) mass is 400 g/mol. The predicted octanol–water partition coefficient (Wildman–Crippen LogP) is 2.11. The number of rotatable bonds is 4. The van der Waals surface area contributed by atoms with E-state index in [2.05, 4.69) is 25.1 Å². The number of H-pyrrole nitrogens is 1. The molecule has 0 saturated carbocycles. The van der Waals surface area contributed by atoms with Gasteiger partial charge in [0.1, 0.15) is 0 Å². The number of aromatic amines is 1. The molecule has 0 bridgehead atoms. The maximum Gasteiger partial charge on any atom is 0.267 e. The highest BCUT2D eigenvalue weighted by Gasteiger charge is 2.28. The molecular formula is C15H17BrN2O4S. The third-order valence-electron chi connectivity index (χ3n) is 4.35. The van der Waals surface area contributed by atoms with Crippen LogP contribution in [0, 0.1) is 5.92 Å². The number of aromatic nitrogens is 1. The summed E-state index contributed by atoms with van der Waals surface area (Å²) in [6.07, 6.45) is 2.12. The first-order valence-corrected chi connectivity index (χ1v) is 9.59. The normalized spacial score (nSPS) is 18.1. The van der Waals surface area contributed by atoms with Gasteiger partial charge in [-0.1, -0.05) is 15.9 Å². The van der Waals surface area contributed by atoms with Gasteiger partial charge in [0.25, 0.3) is 16.0 Å². The molecule has 1 aromatic carbocycles. The lowest BCUT2D eigenvalue weighted by Gasteiger charge is -2.21. The van der Waals surface area contributed by atoms with Gasteiger partial charge in [0.05, 0.1) is 23.9 Å². The zero-order valence-electron chi connectivity index (χ0n) is 12.6. The second kappa shape index (κ2) is 5.92. The summed E-state index contributed by atoms with van der Waals surface area (Å²) in [4.78, 5) is 14.9. The summed E-state index contributed by atoms with van der Waals surface area (Å²) in [5.74, 6) is -0.488. The van der Waals surface area contributed by atoms with Gasteiger partial charge in [0, 0.05) is 15.6 Å². The number of aryl methyl sites for hydroxylation is 1. The van der Waals surface area contributed by atoms with Crippen molar-refractivity contribution in [1.82, 2.24) is 4.98 Å². The molecule has 1 atom stereocenters. The topological polar surface area (TPSA) is 102 Å². The van der Waals surface area contributed by atoms with E-state index in [4.69, 9.17) is 5.73 Å². The third kappa shape index (κ3) is 3.02. The Morgan fingerprint density at radius 2 is 2.22 bits per heavy atom. The number of nitrogens with two attached hydrogens (primary N) is 1. The van der Waals surface area contributed by atoms with E-state index in [1.807, 2.05) is 6.07 Å². The van der Waals surface area contributed by atoms with E-state index in [-0.39, 0.29) is 11.7 Å². The Kier molecular flexibility index (Phi) is 4.24. The second-order valence-corrected chi connectivity index (χ2v) is 8.43. The number of hydrogen-bond donors (Lipinski definition) is 2. The van der Waals surface area contributed by atoms with Gasteiger partial charge in [-0.15, -0.1) is 0 Å². The average Bonchev–Trinajstić information content (AvgIpc) is 2.86. The van der Waals surface area contributed by atoms with Crippen molar-refractivity contribution in [2.24, 2.45) is 11.7 Å². The summed E-state index contributed by atoms with van der Waals surface area (Å²) in [6.45, 7) is 0. The van der Waals surface area contributed by atoms with E-state index in [0.29, 0.717) is 17.5 Å². The number of nitrogens with one attached hydrogen (secondary N) is 1. The fourth-order valence-corrected chi connectivity index (χ4v) is 4.84. The van der Waals surface area contributed by atoms with Crippen LogP contribution in [0.15, 0.2) is 16.6 Å². The van der Waals surface area contributed by atoms with E-state index < -0.39 is 16.0 Å². The van der Waals surface area contributed by atoms with E-state index in [1.54, 1.807) is 6.07 Å². The van der Waals surface area contributed by atoms with E-state index in [9.17, 15) is 13.2 Å². The van der Waals surface area contributed by atoms with Crippen molar-refractivity contribution >= 4 is 42.9 Å². The minimum absolute atomic E-state index is 0.00213. The van der Waals surface area contributed by atoms with Gasteiger partial charge < -0.3 is 10.7 Å². The molecule has 1 heterocycles. The van der Waals surface area contributed by atoms with Crippen LogP contribution in [0.1, 0.15) is 28.0 Å². The fourth-order valence-electron chi connectivity index (χ4n) is 3.27. The van der Waals surface area contributed by atoms with E-state index in [1.165, 1.54) is 7.11 Å². The number of amides is 1. The van der Waals surface area contributed by atoms with Gasteiger partial charge in [-0.2, -0.15) is 8.42 Å². The Morgan fingerprint density at radius 1 is 1.48 bits per heavy atom. The van der Waals surface area contributed by atoms with Crippen molar-refractivity contribution < 1.29 is 17.4 Å². The number of halogens is 1. The van der Waals surface area contributed by atoms with Crippen molar-refractivity contribution in [3.8, 4) is 0 Å². The van der Waals surface area contributed by atoms with Crippen molar-refractivity contribution in [3.05, 3.63) is 33.4 Å². The first-order chi connectivity index (χ1) is 10.8. The van der Waals surface area contributed by atoms with Crippen molar-refractivity contribution in [2.75, 3.05) is 12.9 Å². The van der Waals surface area contributed by atoms with Gasteiger partial charge >= 0.3 is 0 Å². The van der Waals surface area contributed by atoms with Crippen LogP contribution < -0.4 is 5.73 Å². The first kappa shape index (κ1) is 16.5. The second-order valence-electron chi connectivity index (χ2n) is 5.79. The molecule has 124 valence electrons. The molecule has 1 unspecified atom stereocenters. The number of hydrogen-bond acceptors (Lipinski definition) is 4. The standard InChI is InChI=1S/C15H17BrN2O4S/c1-22-23(20,21)7-8-2-3-9-12(6-8)18-14-10(15(17)19)4-5-11(16)13(9)14/h4-5,8,18H,2-3,6-7H2,1H3,(H2,17,19). The van der Waals surface area contributed by atoms with Crippen molar-refractivity contribution in [2.45, 2.75) is 19.3 Å². The Bertz CT molecular complexity index is 889. The molecule has 2 aromatic rings. The van der Waals surface area contributed by atoms with Gasteiger partial charge in [-0.25, -0.2) is 0 Å². The van der Waals surface area contributed by atoms with E-state index >= 15 is 0 Å². The highest BCUT2D eigenvalue weighted by Crippen LogP contribution is 2.37. The van der Waals surface area contributed by atoms with Crippen LogP contribution in [-0.4, -0.2) is 32.2 Å². The minimum Gasteiger partial charge on any atom is -0.366 e. The first-order valence-electron chi connectivity index (χ1n) is 7.22. The quantitative estimate of drug-likeness (QED) is 0.766. The van der Waals surface area contributed by atoms with Crippen molar-refractivity contribution in [3.63, 3.8) is 0 Å². The molecule has 0 fully saturated rings. The number of primary amides is 1. The van der Waals surface area contributed by atoms with Gasteiger partial charge in [-0.3, -0.25) is 8.98 Å². The van der Waals surface area contributed by atoms with Gasteiger partial charge in [-0.05, 0) is 42.9 Å². The Morgan fingerprint density at radius 3 is 2.87 bits per heavy atom. The van der Waals surface area contributed by atoms with Crippen LogP contribution in [0.4, 0.5) is 0 Å². The molecule has 0 aliphatic heterocycles. The summed E-state index contributed by atoms with van der Waals surface area (Å²) in [6, 6.07) is 3.50. The van der Waals surface area contributed by atoms with Gasteiger partial charge in [0.15, 0.2) is 0 Å². The molecule has 0 radical (unpaired) electrons. The molecule has 3 rings (SSSR count). The minimum atomic E-state index is -3.48. The summed E-state index contributed by atoms with van der Waals surface area (Å²) >= 11 is 3.53. The molecule has 1 amide bonds. The van der Waals surface area contributed by atoms with E-state index in [0.717, 1.165) is 34.0 Å². The summed E-state index contributed by atoms with van der Waals surface area (Å²) in [7, 11) is -2.30. The number of fused-ring (bicyclic) bond motifs is 3. The van der Waals surface area contributed by atoms with Crippen LogP contribution >= 0.6 is 15.9 Å². The average molecular weight is 401 g/mol. The Balaban J connectivity index is 2.03. The fraction of sp³-hybridized carbons (Fsp3) is 0.400. The van der Waals surface area contributed by atoms with Crippen LogP contribution in [0.5, 0.6) is 0 Å². The Hall–Kier alpha value is -1.38. The molecule has 1 aliphatic rings. The van der Waals surface area contributed by atoms with Crippen LogP contribution in [0.3, 0.4) is 0 Å². The summed E-state index contributed by atoms with van der Waals surface area (Å²) in [5, 5.41) is 0.962. The van der Waals surface area contributed by atoms with Crippen LogP contribution in [0.25, 0.3) is 10.9 Å². The maximum absolute atomic E-state index is 11.6. The molecule has 6 nitrogen and oxygen atoms in total. The maximum atomic E-state index is 11.6. The zero-order chi connectivity index (χ0) is 16.8. The van der Waals surface area contributed by atoms with Crippen LogP contribution in [-0.2, 0) is 27.1 Å². The lowest BCUT2D eigenvalue weighted by molar-refractivity contribution is 0.100. The highest BCUT2D eigenvalue weighted by atomic mass is 79.9. The van der Waals surface area contributed by atoms with Gasteiger partial charge in [0.2, 0.25) is 0 Å². The highest BCUT2D eigenvalue weighted by molar-refractivity contribution is 9.10. The molecule has 0 spiro atoms. The lowest BCUT2D eigenvalue weighted by atomic mass is 9.88. The lowest BCUT2D eigenvalue weighted by Crippen LogP contribution is -2.23. The predicted molar refractivity (Wildman–Crippen MR) is 90.8 cm³/mol. The molecule has 1 aliphatic carbocycles. The smallest absolute Gasteiger partial charge is 0.267 e. The molecule has 0 saturated heterocycles. The SMILES string of the molecule is COS(=O)(=O)CC1CCc2c([nH]c3c(C(N)=O)ccc(Br)c23)C1. The van der Waals surface area contributed by atoms with Crippen molar-refractivity contribution in [1.29, 1.82) is 0 Å². The molecule has 8 heteroatoms. The number of carbonyl (C=O) groups is 1. The Labute approximate surface area is 142 Å². The molecular weight excluding hydrogens is 384 g/mol. The largest absolute Gasteiger partial charge is 0.366 e. The number of carbonyl (C=O) groups excluding carboxylic acids is 1. The molecule has 23 heavy (non-hydrogen) atoms.